The molecule has 1 aromatic carbocycles. The van der Waals surface area contributed by atoms with Crippen molar-refractivity contribution >= 4 is 11.6 Å². The van der Waals surface area contributed by atoms with Crippen molar-refractivity contribution in [3.05, 3.63) is 42.2 Å². The van der Waals surface area contributed by atoms with Gasteiger partial charge in [0.25, 0.3) is 0 Å². The monoisotopic (exact) mass is 312 g/mol. The molecule has 1 aliphatic rings. The van der Waals surface area contributed by atoms with Crippen LogP contribution in [0.1, 0.15) is 31.2 Å². The third kappa shape index (κ3) is 4.58. The maximum atomic E-state index is 5.17. The first kappa shape index (κ1) is 15.6. The number of nitrogens with zero attached hydrogens (tertiary/aromatic N) is 2. The van der Waals surface area contributed by atoms with Crippen molar-refractivity contribution in [2.75, 3.05) is 24.3 Å². The zero-order valence-corrected chi connectivity index (χ0v) is 13.6. The van der Waals surface area contributed by atoms with Crippen LogP contribution in [0.25, 0.3) is 0 Å². The van der Waals surface area contributed by atoms with Gasteiger partial charge >= 0.3 is 0 Å². The van der Waals surface area contributed by atoms with Crippen molar-refractivity contribution in [3.63, 3.8) is 0 Å². The van der Waals surface area contributed by atoms with Crippen LogP contribution >= 0.6 is 0 Å². The highest BCUT2D eigenvalue weighted by atomic mass is 16.5. The van der Waals surface area contributed by atoms with Gasteiger partial charge in [-0.05, 0) is 37.0 Å². The maximum absolute atomic E-state index is 5.17. The van der Waals surface area contributed by atoms with E-state index < -0.39 is 0 Å². The van der Waals surface area contributed by atoms with Crippen molar-refractivity contribution in [1.29, 1.82) is 0 Å². The van der Waals surface area contributed by atoms with E-state index in [9.17, 15) is 0 Å². The van der Waals surface area contributed by atoms with E-state index in [2.05, 4.69) is 32.7 Å². The van der Waals surface area contributed by atoms with E-state index in [0.717, 1.165) is 30.4 Å². The summed E-state index contributed by atoms with van der Waals surface area (Å²) in [6.45, 7) is 0.839. The smallest absolute Gasteiger partial charge is 0.131 e. The Morgan fingerprint density at radius 1 is 1.09 bits per heavy atom. The summed E-state index contributed by atoms with van der Waals surface area (Å²) in [6.07, 6.45) is 7.67. The average molecular weight is 312 g/mol. The fraction of sp³-hybridized carbons (Fsp3) is 0.444. The van der Waals surface area contributed by atoms with E-state index in [0.29, 0.717) is 6.04 Å². The molecule has 1 heterocycles. The number of hydrogen-bond acceptors (Lipinski definition) is 5. The van der Waals surface area contributed by atoms with Crippen LogP contribution in [0, 0.1) is 0 Å². The zero-order chi connectivity index (χ0) is 15.9. The van der Waals surface area contributed by atoms with Crippen molar-refractivity contribution in [1.82, 2.24) is 9.97 Å². The molecule has 2 aromatic rings. The molecule has 1 aliphatic carbocycles. The number of hydrogen-bond donors (Lipinski definition) is 2. The van der Waals surface area contributed by atoms with Crippen LogP contribution in [0.3, 0.4) is 0 Å². The topological polar surface area (TPSA) is 59.1 Å². The summed E-state index contributed by atoms with van der Waals surface area (Å²) in [5, 5.41) is 6.86. The lowest BCUT2D eigenvalue weighted by atomic mass is 10.1. The standard InChI is InChI=1S/C18H24N4O/c1-23-16-8-6-14(7-9-16)10-11-19-17-12-18(21-13-20-17)22-15-4-2-3-5-15/h6-9,12-13,15H,2-5,10-11H2,1H3,(H2,19,20,21,22). The molecule has 0 bridgehead atoms. The molecular weight excluding hydrogens is 288 g/mol. The van der Waals surface area contributed by atoms with Gasteiger partial charge in [-0.25, -0.2) is 9.97 Å². The second-order valence-electron chi connectivity index (χ2n) is 5.94. The Hall–Kier alpha value is -2.30. The summed E-state index contributed by atoms with van der Waals surface area (Å²) in [5.74, 6) is 2.67. The minimum absolute atomic E-state index is 0.567. The first-order valence-electron chi connectivity index (χ1n) is 8.29. The van der Waals surface area contributed by atoms with Crippen LogP contribution in [0.5, 0.6) is 5.75 Å². The molecule has 3 rings (SSSR count). The molecule has 0 aliphatic heterocycles. The number of methoxy groups -OCH3 is 1. The molecule has 1 aromatic heterocycles. The van der Waals surface area contributed by atoms with E-state index in [4.69, 9.17) is 4.74 Å². The Labute approximate surface area is 137 Å². The highest BCUT2D eigenvalue weighted by molar-refractivity contribution is 5.47. The zero-order valence-electron chi connectivity index (χ0n) is 13.6. The molecule has 0 spiro atoms. The van der Waals surface area contributed by atoms with Crippen molar-refractivity contribution < 1.29 is 4.74 Å². The van der Waals surface area contributed by atoms with E-state index in [-0.39, 0.29) is 0 Å². The van der Waals surface area contributed by atoms with Gasteiger partial charge in [0.1, 0.15) is 23.7 Å². The van der Waals surface area contributed by atoms with Crippen molar-refractivity contribution in [2.45, 2.75) is 38.1 Å². The molecule has 0 atom stereocenters. The molecule has 0 radical (unpaired) electrons. The number of nitrogens with one attached hydrogen (secondary N) is 2. The number of benzene rings is 1. The summed E-state index contributed by atoms with van der Waals surface area (Å²) in [4.78, 5) is 8.60. The van der Waals surface area contributed by atoms with Crippen molar-refractivity contribution in [3.8, 4) is 5.75 Å². The van der Waals surface area contributed by atoms with E-state index in [1.807, 2.05) is 18.2 Å². The first-order chi connectivity index (χ1) is 11.3. The molecule has 5 nitrogen and oxygen atoms in total. The molecule has 1 fully saturated rings. The number of rotatable bonds is 7. The first-order valence-corrected chi connectivity index (χ1v) is 8.29. The molecule has 1 saturated carbocycles. The van der Waals surface area contributed by atoms with Crippen LogP contribution in [0.4, 0.5) is 11.6 Å². The molecular formula is C18H24N4O. The predicted molar refractivity (Wildman–Crippen MR) is 93.1 cm³/mol. The van der Waals surface area contributed by atoms with Gasteiger partial charge in [0.2, 0.25) is 0 Å². The molecule has 23 heavy (non-hydrogen) atoms. The Bertz CT molecular complexity index is 609. The van der Waals surface area contributed by atoms with Gasteiger partial charge in [-0.15, -0.1) is 0 Å². The fourth-order valence-corrected chi connectivity index (χ4v) is 2.94. The van der Waals surface area contributed by atoms with Crippen LogP contribution in [0.2, 0.25) is 0 Å². The van der Waals surface area contributed by atoms with Gasteiger partial charge < -0.3 is 15.4 Å². The lowest BCUT2D eigenvalue weighted by molar-refractivity contribution is 0.414. The minimum Gasteiger partial charge on any atom is -0.497 e. The lowest BCUT2D eigenvalue weighted by Gasteiger charge is -2.13. The van der Waals surface area contributed by atoms with E-state index in [1.54, 1.807) is 13.4 Å². The van der Waals surface area contributed by atoms with Crippen LogP contribution in [-0.4, -0.2) is 29.7 Å². The van der Waals surface area contributed by atoms with Gasteiger partial charge in [-0.3, -0.25) is 0 Å². The van der Waals surface area contributed by atoms with Gasteiger partial charge in [0, 0.05) is 18.7 Å². The summed E-state index contributed by atoms with van der Waals surface area (Å²) < 4.78 is 5.17. The second-order valence-corrected chi connectivity index (χ2v) is 5.94. The number of anilines is 2. The SMILES string of the molecule is COc1ccc(CCNc2cc(NC3CCCC3)ncn2)cc1. The molecule has 2 N–H and O–H groups in total. The lowest BCUT2D eigenvalue weighted by Crippen LogP contribution is -2.16. The van der Waals surface area contributed by atoms with Gasteiger partial charge in [-0.2, -0.15) is 0 Å². The van der Waals surface area contributed by atoms with Crippen LogP contribution < -0.4 is 15.4 Å². The Kier molecular flexibility index (Phi) is 5.29. The van der Waals surface area contributed by atoms with E-state index in [1.165, 1.54) is 31.2 Å². The molecule has 0 saturated heterocycles. The Morgan fingerprint density at radius 2 is 1.83 bits per heavy atom. The van der Waals surface area contributed by atoms with E-state index >= 15 is 0 Å². The van der Waals surface area contributed by atoms with Crippen molar-refractivity contribution in [2.24, 2.45) is 0 Å². The molecule has 5 heteroatoms. The Balaban J connectivity index is 1.49. The summed E-state index contributed by atoms with van der Waals surface area (Å²) in [7, 11) is 1.68. The summed E-state index contributed by atoms with van der Waals surface area (Å²) in [5.41, 5.74) is 1.27. The average Bonchev–Trinajstić information content (AvgIpc) is 3.09. The highest BCUT2D eigenvalue weighted by Gasteiger charge is 2.14. The molecule has 0 unspecified atom stereocenters. The summed E-state index contributed by atoms with van der Waals surface area (Å²) >= 11 is 0. The highest BCUT2D eigenvalue weighted by Crippen LogP contribution is 2.22. The Morgan fingerprint density at radius 3 is 2.57 bits per heavy atom. The van der Waals surface area contributed by atoms with Gasteiger partial charge in [0.05, 0.1) is 7.11 Å². The minimum atomic E-state index is 0.567. The number of aromatic nitrogens is 2. The van der Waals surface area contributed by atoms with Crippen LogP contribution in [-0.2, 0) is 6.42 Å². The van der Waals surface area contributed by atoms with Gasteiger partial charge in [-0.1, -0.05) is 25.0 Å². The second kappa shape index (κ2) is 7.81. The number of ether oxygens (including phenoxy) is 1. The third-order valence-electron chi connectivity index (χ3n) is 4.25. The third-order valence-corrected chi connectivity index (χ3v) is 4.25. The summed E-state index contributed by atoms with van der Waals surface area (Å²) in [6, 6.07) is 10.7. The maximum Gasteiger partial charge on any atom is 0.131 e. The molecule has 0 amide bonds. The normalized spacial score (nSPS) is 14.7. The fourth-order valence-electron chi connectivity index (χ4n) is 2.94. The largest absolute Gasteiger partial charge is 0.497 e. The van der Waals surface area contributed by atoms with Crippen LogP contribution in [0.15, 0.2) is 36.7 Å². The van der Waals surface area contributed by atoms with Gasteiger partial charge in [0.15, 0.2) is 0 Å². The predicted octanol–water partition coefficient (Wildman–Crippen LogP) is 3.49. The quantitative estimate of drug-likeness (QED) is 0.819. The molecule has 122 valence electrons.